The van der Waals surface area contributed by atoms with E-state index in [9.17, 15) is 5.26 Å². The second kappa shape index (κ2) is 6.06. The fourth-order valence-corrected chi connectivity index (χ4v) is 2.97. The van der Waals surface area contributed by atoms with E-state index < -0.39 is 0 Å². The van der Waals surface area contributed by atoms with E-state index in [1.807, 2.05) is 12.1 Å². The molecule has 0 aromatic carbocycles. The van der Waals surface area contributed by atoms with Crippen LogP contribution >= 0.6 is 0 Å². The molecule has 0 bridgehead atoms. The molecule has 0 amide bonds. The van der Waals surface area contributed by atoms with Crippen LogP contribution in [0.15, 0.2) is 22.8 Å². The van der Waals surface area contributed by atoms with E-state index in [-0.39, 0.29) is 5.92 Å². The van der Waals surface area contributed by atoms with Gasteiger partial charge in [-0.25, -0.2) is 0 Å². The molecule has 1 aliphatic carbocycles. The molecule has 3 nitrogen and oxygen atoms in total. The van der Waals surface area contributed by atoms with Gasteiger partial charge in [0.2, 0.25) is 0 Å². The fraction of sp³-hybridized carbons (Fsp3) is 0.667. The molecule has 1 aliphatic rings. The number of hydrogen-bond acceptors (Lipinski definition) is 3. The Hall–Kier alpha value is -1.27. The van der Waals surface area contributed by atoms with Crippen molar-refractivity contribution in [2.45, 2.75) is 45.7 Å². The third-order valence-electron chi connectivity index (χ3n) is 4.06. The smallest absolute Gasteiger partial charge is 0.117 e. The predicted octanol–water partition coefficient (Wildman–Crippen LogP) is 3.43. The van der Waals surface area contributed by atoms with E-state index in [1.165, 1.54) is 6.42 Å². The van der Waals surface area contributed by atoms with E-state index in [2.05, 4.69) is 24.8 Å². The Morgan fingerprint density at radius 2 is 2.33 bits per heavy atom. The van der Waals surface area contributed by atoms with Crippen LogP contribution in [0.4, 0.5) is 0 Å². The van der Waals surface area contributed by atoms with Gasteiger partial charge in [0.25, 0.3) is 0 Å². The van der Waals surface area contributed by atoms with Crippen LogP contribution < -0.4 is 0 Å². The minimum atomic E-state index is 0.177. The molecule has 0 aliphatic heterocycles. The Morgan fingerprint density at radius 3 is 2.94 bits per heavy atom. The van der Waals surface area contributed by atoms with Crippen molar-refractivity contribution in [3.63, 3.8) is 0 Å². The van der Waals surface area contributed by atoms with Crippen LogP contribution in [0.2, 0.25) is 0 Å². The van der Waals surface area contributed by atoms with Crippen LogP contribution in [-0.4, -0.2) is 17.5 Å². The molecular weight excluding hydrogens is 224 g/mol. The normalized spacial score (nSPS) is 28.2. The number of rotatable bonds is 4. The summed E-state index contributed by atoms with van der Waals surface area (Å²) in [6, 6.07) is 6.82. The summed E-state index contributed by atoms with van der Waals surface area (Å²) in [6.07, 6.45) is 5.07. The summed E-state index contributed by atoms with van der Waals surface area (Å²) in [4.78, 5) is 2.39. The standard InChI is InChI=1S/C15H22N2O/c1-3-17(11-14-5-4-8-18-14)15-9-12(2)6-7-13(15)10-16/h4-5,8,12-13,15H,3,6-7,9,11H2,1-2H3. The quantitative estimate of drug-likeness (QED) is 0.817. The fourth-order valence-electron chi connectivity index (χ4n) is 2.97. The van der Waals surface area contributed by atoms with E-state index in [0.717, 1.165) is 37.6 Å². The van der Waals surface area contributed by atoms with Gasteiger partial charge in [0.15, 0.2) is 0 Å². The number of nitrogens with zero attached hydrogens (tertiary/aromatic N) is 2. The third-order valence-corrected chi connectivity index (χ3v) is 4.06. The monoisotopic (exact) mass is 246 g/mol. The molecule has 0 radical (unpaired) electrons. The lowest BCUT2D eigenvalue weighted by Crippen LogP contribution is -2.43. The van der Waals surface area contributed by atoms with E-state index >= 15 is 0 Å². The third kappa shape index (κ3) is 2.94. The number of hydrogen-bond donors (Lipinski definition) is 0. The highest BCUT2D eigenvalue weighted by molar-refractivity contribution is 5.01. The Morgan fingerprint density at radius 1 is 1.50 bits per heavy atom. The largest absolute Gasteiger partial charge is 0.468 e. The Kier molecular flexibility index (Phi) is 4.43. The lowest BCUT2D eigenvalue weighted by Gasteiger charge is -2.38. The van der Waals surface area contributed by atoms with Crippen LogP contribution in [0.25, 0.3) is 0 Å². The summed E-state index contributed by atoms with van der Waals surface area (Å²) in [7, 11) is 0. The minimum absolute atomic E-state index is 0.177. The molecule has 2 rings (SSSR count). The molecule has 98 valence electrons. The first-order chi connectivity index (χ1) is 8.74. The van der Waals surface area contributed by atoms with E-state index in [4.69, 9.17) is 4.42 Å². The average molecular weight is 246 g/mol. The molecular formula is C15H22N2O. The first-order valence-corrected chi connectivity index (χ1v) is 6.90. The van der Waals surface area contributed by atoms with Gasteiger partial charge in [-0.05, 0) is 43.9 Å². The molecule has 3 heteroatoms. The lowest BCUT2D eigenvalue weighted by molar-refractivity contribution is 0.0971. The Bertz CT molecular complexity index is 393. The van der Waals surface area contributed by atoms with Crippen molar-refractivity contribution in [2.75, 3.05) is 6.54 Å². The van der Waals surface area contributed by atoms with Gasteiger partial charge in [-0.15, -0.1) is 0 Å². The van der Waals surface area contributed by atoms with Gasteiger partial charge in [-0.2, -0.15) is 5.26 Å². The molecule has 18 heavy (non-hydrogen) atoms. The predicted molar refractivity (Wildman–Crippen MR) is 70.7 cm³/mol. The van der Waals surface area contributed by atoms with Crippen LogP contribution in [0.1, 0.15) is 38.9 Å². The maximum Gasteiger partial charge on any atom is 0.117 e. The molecule has 1 saturated carbocycles. The molecule has 3 unspecified atom stereocenters. The van der Waals surface area contributed by atoms with Crippen molar-refractivity contribution in [2.24, 2.45) is 11.8 Å². The molecule has 0 spiro atoms. The Balaban J connectivity index is 2.07. The average Bonchev–Trinajstić information content (AvgIpc) is 2.88. The zero-order chi connectivity index (χ0) is 13.0. The van der Waals surface area contributed by atoms with Gasteiger partial charge in [0.1, 0.15) is 5.76 Å². The maximum absolute atomic E-state index is 9.32. The summed E-state index contributed by atoms with van der Waals surface area (Å²) in [5.41, 5.74) is 0. The summed E-state index contributed by atoms with van der Waals surface area (Å²) < 4.78 is 5.43. The maximum atomic E-state index is 9.32. The Labute approximate surface area is 109 Å². The van der Waals surface area contributed by atoms with Gasteiger partial charge < -0.3 is 4.42 Å². The molecule has 1 aromatic rings. The van der Waals surface area contributed by atoms with Crippen molar-refractivity contribution in [3.05, 3.63) is 24.2 Å². The van der Waals surface area contributed by atoms with Crippen molar-refractivity contribution in [1.82, 2.24) is 4.90 Å². The molecule has 1 aromatic heterocycles. The summed E-state index contributed by atoms with van der Waals surface area (Å²) in [5, 5.41) is 9.32. The van der Waals surface area contributed by atoms with Gasteiger partial charge in [-0.1, -0.05) is 13.8 Å². The molecule has 1 heterocycles. The van der Waals surface area contributed by atoms with Crippen LogP contribution in [0.5, 0.6) is 0 Å². The molecule has 0 N–H and O–H groups in total. The summed E-state index contributed by atoms with van der Waals surface area (Å²) >= 11 is 0. The van der Waals surface area contributed by atoms with Crippen molar-refractivity contribution < 1.29 is 4.42 Å². The SMILES string of the molecule is CCN(Cc1ccco1)C1CC(C)CCC1C#N. The highest BCUT2D eigenvalue weighted by Crippen LogP contribution is 2.32. The highest BCUT2D eigenvalue weighted by Gasteiger charge is 2.32. The second-order valence-electron chi connectivity index (χ2n) is 5.36. The van der Waals surface area contributed by atoms with E-state index in [0.29, 0.717) is 6.04 Å². The van der Waals surface area contributed by atoms with Crippen molar-refractivity contribution >= 4 is 0 Å². The van der Waals surface area contributed by atoms with Crippen molar-refractivity contribution in [3.8, 4) is 6.07 Å². The van der Waals surface area contributed by atoms with E-state index in [1.54, 1.807) is 6.26 Å². The van der Waals surface area contributed by atoms with Crippen LogP contribution in [-0.2, 0) is 6.54 Å². The zero-order valence-electron chi connectivity index (χ0n) is 11.3. The van der Waals surface area contributed by atoms with Crippen LogP contribution in [0, 0.1) is 23.2 Å². The first kappa shape index (κ1) is 13.2. The zero-order valence-corrected chi connectivity index (χ0v) is 11.3. The minimum Gasteiger partial charge on any atom is -0.468 e. The van der Waals surface area contributed by atoms with Gasteiger partial charge >= 0.3 is 0 Å². The van der Waals surface area contributed by atoms with Crippen LogP contribution in [0.3, 0.4) is 0 Å². The van der Waals surface area contributed by atoms with Gasteiger partial charge in [0.05, 0.1) is 24.8 Å². The summed E-state index contributed by atoms with van der Waals surface area (Å²) in [6.45, 7) is 6.24. The summed E-state index contributed by atoms with van der Waals surface area (Å²) in [5.74, 6) is 1.90. The second-order valence-corrected chi connectivity index (χ2v) is 5.36. The number of furan rings is 1. The molecule has 1 fully saturated rings. The highest BCUT2D eigenvalue weighted by atomic mass is 16.3. The van der Waals surface area contributed by atoms with Crippen molar-refractivity contribution in [1.29, 1.82) is 5.26 Å². The molecule has 3 atom stereocenters. The first-order valence-electron chi connectivity index (χ1n) is 6.90. The van der Waals surface area contributed by atoms with Gasteiger partial charge in [0, 0.05) is 6.04 Å². The molecule has 0 saturated heterocycles. The topological polar surface area (TPSA) is 40.2 Å². The van der Waals surface area contributed by atoms with Gasteiger partial charge in [-0.3, -0.25) is 4.90 Å². The lowest BCUT2D eigenvalue weighted by atomic mass is 9.79. The number of nitriles is 1.